The van der Waals surface area contributed by atoms with E-state index in [-0.39, 0.29) is 18.3 Å². The SMILES string of the molecule is CC1(C)OB(c2cn[n]([Tl])c2)OC1(C)C. The molecule has 0 spiro atoms. The van der Waals surface area contributed by atoms with E-state index >= 15 is 0 Å². The van der Waals surface area contributed by atoms with Crippen LogP contribution in [0, 0.1) is 0 Å². The van der Waals surface area contributed by atoms with Gasteiger partial charge in [-0.3, -0.25) is 0 Å². The normalized spacial score (nSPS) is 23.3. The third-order valence-corrected chi connectivity index (χ3v) is 4.24. The van der Waals surface area contributed by atoms with Gasteiger partial charge in [-0.15, -0.1) is 0 Å². The molecule has 0 radical (unpaired) electrons. The van der Waals surface area contributed by atoms with Gasteiger partial charge in [-0.1, -0.05) is 0 Å². The van der Waals surface area contributed by atoms with Gasteiger partial charge in [0.1, 0.15) is 0 Å². The Hall–Kier alpha value is 0.117. The molecule has 1 aromatic rings. The van der Waals surface area contributed by atoms with Crippen molar-refractivity contribution in [1.82, 2.24) is 7.59 Å². The molecule has 78 valence electrons. The van der Waals surface area contributed by atoms with E-state index in [1.54, 1.807) is 0 Å². The predicted octanol–water partition coefficient (Wildman–Crippen LogP) is 0.114. The molecule has 0 N–H and O–H groups in total. The van der Waals surface area contributed by atoms with Crippen LogP contribution < -0.4 is 5.46 Å². The Balaban J connectivity index is 2.23. The van der Waals surface area contributed by atoms with E-state index in [0.29, 0.717) is 26.1 Å². The summed E-state index contributed by atoms with van der Waals surface area (Å²) in [7, 11) is -0.275. The van der Waals surface area contributed by atoms with E-state index in [2.05, 4.69) is 32.8 Å². The zero-order chi connectivity index (χ0) is 11.3. The fraction of sp³-hybridized carbons (Fsp3) is 0.667. The molecule has 2 heterocycles. The first-order valence-electron chi connectivity index (χ1n) is 4.97. The minimum atomic E-state index is -0.275. The van der Waals surface area contributed by atoms with Crippen molar-refractivity contribution in [3.8, 4) is 0 Å². The van der Waals surface area contributed by atoms with E-state index in [1.807, 2.05) is 14.9 Å². The summed E-state index contributed by atoms with van der Waals surface area (Å²) in [4.78, 5) is 0. The van der Waals surface area contributed by atoms with Crippen molar-refractivity contribution in [2.75, 3.05) is 0 Å². The van der Waals surface area contributed by atoms with Crippen LogP contribution in [0.5, 0.6) is 0 Å². The van der Waals surface area contributed by atoms with Crippen molar-refractivity contribution >= 4 is 38.6 Å². The Morgan fingerprint density at radius 1 is 1.27 bits per heavy atom. The zero-order valence-corrected chi connectivity index (χ0v) is 14.0. The maximum atomic E-state index is 5.91. The molecule has 0 aliphatic carbocycles. The van der Waals surface area contributed by atoms with Crippen LogP contribution in [0.2, 0.25) is 0 Å². The number of aromatic nitrogens is 2. The van der Waals surface area contributed by atoms with Gasteiger partial charge in [-0.05, 0) is 0 Å². The van der Waals surface area contributed by atoms with Gasteiger partial charge in [0, 0.05) is 0 Å². The molecule has 0 bridgehead atoms. The summed E-state index contributed by atoms with van der Waals surface area (Å²) in [6.07, 6.45) is 3.81. The average Bonchev–Trinajstić information content (AvgIpc) is 2.56. The molecule has 1 saturated heterocycles. The van der Waals surface area contributed by atoms with Gasteiger partial charge < -0.3 is 0 Å². The van der Waals surface area contributed by atoms with Gasteiger partial charge in [0.2, 0.25) is 0 Å². The molecule has 1 aromatic heterocycles. The van der Waals surface area contributed by atoms with Crippen LogP contribution in [-0.2, 0) is 9.31 Å². The summed E-state index contributed by atoms with van der Waals surface area (Å²) >= 11 is 0.686. The van der Waals surface area contributed by atoms with Crippen LogP contribution in [0.3, 0.4) is 0 Å². The van der Waals surface area contributed by atoms with Crippen LogP contribution in [-0.4, -0.2) is 52.0 Å². The molecule has 1 aliphatic rings. The van der Waals surface area contributed by atoms with Crippen molar-refractivity contribution in [3.63, 3.8) is 0 Å². The van der Waals surface area contributed by atoms with Crippen LogP contribution in [0.15, 0.2) is 12.4 Å². The number of nitrogens with zero attached hydrogens (tertiary/aromatic N) is 2. The first-order chi connectivity index (χ1) is 6.82. The maximum absolute atomic E-state index is 5.91. The Kier molecular flexibility index (Phi) is 2.75. The fourth-order valence-corrected chi connectivity index (χ4v) is 2.38. The Morgan fingerprint density at radius 3 is 2.20 bits per heavy atom. The van der Waals surface area contributed by atoms with Crippen molar-refractivity contribution in [2.24, 2.45) is 0 Å². The topological polar surface area (TPSA) is 36.3 Å². The number of hydrogen-bond donors (Lipinski definition) is 0. The zero-order valence-electron chi connectivity index (χ0n) is 9.52. The first kappa shape index (κ1) is 11.6. The Labute approximate surface area is 107 Å². The summed E-state index contributed by atoms with van der Waals surface area (Å²) in [5.41, 5.74) is 0.469. The van der Waals surface area contributed by atoms with Crippen LogP contribution in [0.4, 0.5) is 0 Å². The molecule has 2 rings (SSSR count). The summed E-state index contributed by atoms with van der Waals surface area (Å²) in [5, 5.41) is 4.19. The summed E-state index contributed by atoms with van der Waals surface area (Å²) in [6.45, 7) is 8.22. The van der Waals surface area contributed by atoms with Gasteiger partial charge in [0.05, 0.1) is 0 Å². The molecule has 0 saturated carbocycles. The van der Waals surface area contributed by atoms with Gasteiger partial charge in [0.25, 0.3) is 0 Å². The summed E-state index contributed by atoms with van der Waals surface area (Å²) in [5.74, 6) is 0. The van der Waals surface area contributed by atoms with E-state index in [9.17, 15) is 0 Å². The molecule has 0 aromatic carbocycles. The van der Waals surface area contributed by atoms with Gasteiger partial charge in [0.15, 0.2) is 0 Å². The number of rotatable bonds is 1. The van der Waals surface area contributed by atoms with Crippen molar-refractivity contribution in [2.45, 2.75) is 38.9 Å². The Bertz CT molecular complexity index is 362. The molecule has 15 heavy (non-hydrogen) atoms. The van der Waals surface area contributed by atoms with E-state index < -0.39 is 0 Å². The molecular formula is C9H14BN2O2Tl. The van der Waals surface area contributed by atoms with E-state index in [4.69, 9.17) is 9.31 Å². The molecule has 0 atom stereocenters. The van der Waals surface area contributed by atoms with Gasteiger partial charge in [-0.2, -0.15) is 0 Å². The van der Waals surface area contributed by atoms with Crippen molar-refractivity contribution in [1.29, 1.82) is 0 Å². The van der Waals surface area contributed by atoms with Crippen LogP contribution >= 0.6 is 0 Å². The average molecular weight is 397 g/mol. The molecule has 4 nitrogen and oxygen atoms in total. The first-order valence-corrected chi connectivity index (χ1v) is 6.98. The predicted molar refractivity (Wildman–Crippen MR) is 59.1 cm³/mol. The number of hydrogen-bond acceptors (Lipinski definition) is 3. The van der Waals surface area contributed by atoms with Gasteiger partial charge in [-0.25, -0.2) is 0 Å². The van der Waals surface area contributed by atoms with Crippen LogP contribution in [0.25, 0.3) is 0 Å². The second kappa shape index (κ2) is 3.56. The fourth-order valence-electron chi connectivity index (χ4n) is 1.45. The van der Waals surface area contributed by atoms with Crippen LogP contribution in [0.1, 0.15) is 27.7 Å². The molecule has 0 unspecified atom stereocenters. The third-order valence-electron chi connectivity index (χ3n) is 3.15. The monoisotopic (exact) mass is 398 g/mol. The molecule has 1 aliphatic heterocycles. The second-order valence-electron chi connectivity index (χ2n) is 4.84. The summed E-state index contributed by atoms with van der Waals surface area (Å²) < 4.78 is 13.7. The van der Waals surface area contributed by atoms with E-state index in [0.717, 1.165) is 5.46 Å². The van der Waals surface area contributed by atoms with Gasteiger partial charge >= 0.3 is 107 Å². The molecule has 6 heteroatoms. The van der Waals surface area contributed by atoms with E-state index in [1.165, 1.54) is 0 Å². The van der Waals surface area contributed by atoms with Crippen molar-refractivity contribution in [3.05, 3.63) is 12.4 Å². The standard InChI is InChI=1S/C9H14BN2O2.Tl/c1-8(2)9(3,4)14-10(13-8)7-5-11-12-6-7;/h5-6H,1-4H3;/q-1;+1. The quantitative estimate of drug-likeness (QED) is 0.632. The minimum absolute atomic E-state index is 0.271. The van der Waals surface area contributed by atoms with Crippen molar-refractivity contribution < 1.29 is 9.31 Å². The molecule has 0 amide bonds. The molecular weight excluding hydrogens is 383 g/mol. The molecule has 1 fully saturated rings. The Morgan fingerprint density at radius 2 is 1.80 bits per heavy atom. The second-order valence-corrected chi connectivity index (χ2v) is 6.90. The third kappa shape index (κ3) is 2.01. The summed E-state index contributed by atoms with van der Waals surface area (Å²) in [6, 6.07) is 0.